The second-order valence-electron chi connectivity index (χ2n) is 5.22. The summed E-state index contributed by atoms with van der Waals surface area (Å²) in [7, 11) is 0. The van der Waals surface area contributed by atoms with Gasteiger partial charge >= 0.3 is 5.97 Å². The maximum Gasteiger partial charge on any atom is 0.302 e. The Morgan fingerprint density at radius 2 is 2.29 bits per heavy atom. The summed E-state index contributed by atoms with van der Waals surface area (Å²) in [6.07, 6.45) is 8.29. The third-order valence-corrected chi connectivity index (χ3v) is 3.58. The van der Waals surface area contributed by atoms with Gasteiger partial charge in [-0.2, -0.15) is 5.10 Å². The number of aryl methyl sites for hydroxylation is 1. The SMILES string of the molecule is C=C/C=C(\C=C)[C@@H](COC(C)=O)Nc1ncnn2cc(N)c(C)c12. The van der Waals surface area contributed by atoms with Crippen LogP contribution < -0.4 is 11.1 Å². The molecule has 0 radical (unpaired) electrons. The molecule has 0 aliphatic heterocycles. The van der Waals surface area contributed by atoms with E-state index < -0.39 is 0 Å². The van der Waals surface area contributed by atoms with E-state index in [2.05, 4.69) is 28.6 Å². The molecule has 126 valence electrons. The molecule has 0 spiro atoms. The van der Waals surface area contributed by atoms with Crippen molar-refractivity contribution in [3.8, 4) is 0 Å². The van der Waals surface area contributed by atoms with Crippen molar-refractivity contribution in [2.75, 3.05) is 17.7 Å². The predicted molar refractivity (Wildman–Crippen MR) is 94.7 cm³/mol. The van der Waals surface area contributed by atoms with Crippen LogP contribution in [0.3, 0.4) is 0 Å². The van der Waals surface area contributed by atoms with Gasteiger partial charge in [-0.05, 0) is 12.5 Å². The van der Waals surface area contributed by atoms with Crippen molar-refractivity contribution in [2.45, 2.75) is 19.9 Å². The van der Waals surface area contributed by atoms with Gasteiger partial charge in [-0.3, -0.25) is 4.79 Å². The molecule has 0 fully saturated rings. The zero-order valence-corrected chi connectivity index (χ0v) is 13.8. The van der Waals surface area contributed by atoms with Crippen LogP contribution in [-0.4, -0.2) is 33.2 Å². The van der Waals surface area contributed by atoms with Crippen LogP contribution in [0.25, 0.3) is 5.52 Å². The lowest BCUT2D eigenvalue weighted by Crippen LogP contribution is -2.29. The maximum atomic E-state index is 11.2. The van der Waals surface area contributed by atoms with Gasteiger partial charge in [-0.1, -0.05) is 31.4 Å². The molecule has 0 aromatic carbocycles. The minimum atomic E-state index is -0.361. The highest BCUT2D eigenvalue weighted by atomic mass is 16.5. The smallest absolute Gasteiger partial charge is 0.302 e. The van der Waals surface area contributed by atoms with Crippen LogP contribution in [0.4, 0.5) is 11.5 Å². The van der Waals surface area contributed by atoms with Crippen LogP contribution in [0.5, 0.6) is 0 Å². The van der Waals surface area contributed by atoms with E-state index in [1.807, 2.05) is 6.92 Å². The first-order chi connectivity index (χ1) is 11.5. The lowest BCUT2D eigenvalue weighted by molar-refractivity contribution is -0.141. The van der Waals surface area contributed by atoms with Crippen molar-refractivity contribution in [1.29, 1.82) is 0 Å². The summed E-state index contributed by atoms with van der Waals surface area (Å²) < 4.78 is 6.81. The first kappa shape index (κ1) is 17.3. The molecule has 7 nitrogen and oxygen atoms in total. The fourth-order valence-corrected chi connectivity index (χ4v) is 2.33. The Bertz CT molecular complexity index is 807. The molecule has 0 saturated heterocycles. The van der Waals surface area contributed by atoms with Gasteiger partial charge in [0.15, 0.2) is 5.82 Å². The van der Waals surface area contributed by atoms with Crippen LogP contribution in [-0.2, 0) is 9.53 Å². The molecule has 24 heavy (non-hydrogen) atoms. The Balaban J connectivity index is 2.42. The Hall–Kier alpha value is -3.09. The number of hydrogen-bond acceptors (Lipinski definition) is 6. The number of allylic oxidation sites excluding steroid dienone is 2. The highest BCUT2D eigenvalue weighted by Gasteiger charge is 2.18. The summed E-state index contributed by atoms with van der Waals surface area (Å²) >= 11 is 0. The van der Waals surface area contributed by atoms with E-state index >= 15 is 0 Å². The molecular weight excluding hydrogens is 306 g/mol. The van der Waals surface area contributed by atoms with Gasteiger partial charge in [0.05, 0.1) is 17.9 Å². The van der Waals surface area contributed by atoms with E-state index in [-0.39, 0.29) is 18.6 Å². The molecule has 0 unspecified atom stereocenters. The van der Waals surface area contributed by atoms with E-state index in [1.54, 1.807) is 28.9 Å². The van der Waals surface area contributed by atoms with Crippen molar-refractivity contribution >= 4 is 23.0 Å². The molecule has 2 aromatic rings. The summed E-state index contributed by atoms with van der Waals surface area (Å²) in [5.41, 5.74) is 9.04. The number of ether oxygens (including phenoxy) is 1. The number of nitrogens with one attached hydrogen (secondary N) is 1. The van der Waals surface area contributed by atoms with E-state index in [4.69, 9.17) is 10.5 Å². The van der Waals surface area contributed by atoms with Crippen molar-refractivity contribution < 1.29 is 9.53 Å². The van der Waals surface area contributed by atoms with Gasteiger partial charge < -0.3 is 15.8 Å². The van der Waals surface area contributed by atoms with Crippen LogP contribution in [0, 0.1) is 6.92 Å². The highest BCUT2D eigenvalue weighted by molar-refractivity contribution is 5.78. The summed E-state index contributed by atoms with van der Waals surface area (Å²) in [4.78, 5) is 15.5. The van der Waals surface area contributed by atoms with Gasteiger partial charge in [0.1, 0.15) is 18.5 Å². The molecular formula is C17H21N5O2. The third kappa shape index (κ3) is 3.62. The predicted octanol–water partition coefficient (Wildman–Crippen LogP) is 2.26. The van der Waals surface area contributed by atoms with E-state index in [0.717, 1.165) is 16.7 Å². The zero-order chi connectivity index (χ0) is 17.7. The second-order valence-corrected chi connectivity index (χ2v) is 5.22. The number of carbonyl (C=O) groups excluding carboxylic acids is 1. The summed E-state index contributed by atoms with van der Waals surface area (Å²) in [6, 6.07) is -0.335. The average Bonchev–Trinajstić information content (AvgIpc) is 2.84. The Morgan fingerprint density at radius 1 is 1.54 bits per heavy atom. The molecule has 7 heteroatoms. The molecule has 0 aliphatic rings. The number of nitrogens with two attached hydrogens (primary N) is 1. The zero-order valence-electron chi connectivity index (χ0n) is 13.8. The number of esters is 1. The number of aromatic nitrogens is 3. The number of carbonyl (C=O) groups is 1. The van der Waals surface area contributed by atoms with Gasteiger partial charge in [0.25, 0.3) is 0 Å². The van der Waals surface area contributed by atoms with Crippen LogP contribution in [0.2, 0.25) is 0 Å². The summed E-state index contributed by atoms with van der Waals surface area (Å²) in [5, 5.41) is 7.43. The fourth-order valence-electron chi connectivity index (χ4n) is 2.33. The first-order valence-corrected chi connectivity index (χ1v) is 7.41. The van der Waals surface area contributed by atoms with E-state index in [1.165, 1.54) is 13.3 Å². The summed E-state index contributed by atoms with van der Waals surface area (Å²) in [5.74, 6) is 0.230. The Morgan fingerprint density at radius 3 is 2.92 bits per heavy atom. The van der Waals surface area contributed by atoms with Crippen LogP contribution in [0.15, 0.2) is 49.5 Å². The number of anilines is 2. The van der Waals surface area contributed by atoms with Gasteiger partial charge in [-0.15, -0.1) is 0 Å². The molecule has 0 amide bonds. The lowest BCUT2D eigenvalue weighted by atomic mass is 10.1. The van der Waals surface area contributed by atoms with Gasteiger partial charge in [-0.25, -0.2) is 9.50 Å². The number of nitrogen functional groups attached to an aromatic ring is 1. The van der Waals surface area contributed by atoms with E-state index in [0.29, 0.717) is 11.5 Å². The number of fused-ring (bicyclic) bond motifs is 1. The quantitative estimate of drug-likeness (QED) is 0.598. The standard InChI is InChI=1S/C17H21N5O2/c1-5-7-13(6-2)15(9-24-12(4)23)21-17-16-11(3)14(18)8-22(16)20-10-19-17/h5-8,10,15H,1-2,9,18H2,3-4H3,(H,19,20,21)/b13-7+/t15-/m1/s1. The first-order valence-electron chi connectivity index (χ1n) is 7.41. The highest BCUT2D eigenvalue weighted by Crippen LogP contribution is 2.25. The Labute approximate surface area is 140 Å². The lowest BCUT2D eigenvalue weighted by Gasteiger charge is -2.20. The molecule has 0 saturated carbocycles. The molecule has 0 aliphatic carbocycles. The Kier molecular flexibility index (Phi) is 5.36. The van der Waals surface area contributed by atoms with Gasteiger partial charge in [0.2, 0.25) is 0 Å². The van der Waals surface area contributed by atoms with Crippen LogP contribution in [0.1, 0.15) is 12.5 Å². The molecule has 3 N–H and O–H groups in total. The molecule has 1 atom stereocenters. The molecule has 2 rings (SSSR count). The number of nitrogens with zero attached hydrogens (tertiary/aromatic N) is 3. The second kappa shape index (κ2) is 7.45. The summed E-state index contributed by atoms with van der Waals surface area (Å²) in [6.45, 7) is 10.9. The normalized spacial score (nSPS) is 12.7. The topological polar surface area (TPSA) is 94.5 Å². The third-order valence-electron chi connectivity index (χ3n) is 3.58. The monoisotopic (exact) mass is 327 g/mol. The van der Waals surface area contributed by atoms with Crippen molar-refractivity contribution in [3.05, 3.63) is 55.0 Å². The average molecular weight is 327 g/mol. The fraction of sp³-hybridized carbons (Fsp3) is 0.235. The van der Waals surface area contributed by atoms with Gasteiger partial charge in [0, 0.05) is 12.5 Å². The minimum Gasteiger partial charge on any atom is -0.463 e. The van der Waals surface area contributed by atoms with Crippen molar-refractivity contribution in [2.24, 2.45) is 0 Å². The van der Waals surface area contributed by atoms with Crippen LogP contribution >= 0.6 is 0 Å². The largest absolute Gasteiger partial charge is 0.463 e. The number of hydrogen-bond donors (Lipinski definition) is 2. The minimum absolute atomic E-state index is 0.131. The van der Waals surface area contributed by atoms with E-state index in [9.17, 15) is 4.79 Å². The molecule has 2 aromatic heterocycles. The van der Waals surface area contributed by atoms with Crippen molar-refractivity contribution in [1.82, 2.24) is 14.6 Å². The van der Waals surface area contributed by atoms with Crippen molar-refractivity contribution in [3.63, 3.8) is 0 Å². The molecule has 2 heterocycles. The number of rotatable bonds is 7. The molecule has 0 bridgehead atoms. The maximum absolute atomic E-state index is 11.2.